The largest absolute Gasteiger partial charge is 0.395 e. The predicted molar refractivity (Wildman–Crippen MR) is 62.6 cm³/mol. The van der Waals surface area contributed by atoms with Gasteiger partial charge in [0.25, 0.3) is 0 Å². The molecule has 15 heavy (non-hydrogen) atoms. The van der Waals surface area contributed by atoms with Gasteiger partial charge in [0.05, 0.1) is 11.4 Å². The summed E-state index contributed by atoms with van der Waals surface area (Å²) < 4.78 is 13.2. The zero-order valence-corrected chi connectivity index (χ0v) is 9.26. The van der Waals surface area contributed by atoms with E-state index in [1.807, 2.05) is 25.1 Å². The van der Waals surface area contributed by atoms with Crippen LogP contribution < -0.4 is 16.0 Å². The fourth-order valence-corrected chi connectivity index (χ4v) is 1.47. The van der Waals surface area contributed by atoms with Crippen LogP contribution >= 0.6 is 0 Å². The minimum absolute atomic E-state index is 0.226. The molecule has 0 aliphatic heterocycles. The number of nitrogen functional groups attached to an aromatic ring is 1. The van der Waals surface area contributed by atoms with Crippen molar-refractivity contribution in [3.63, 3.8) is 0 Å². The lowest BCUT2D eigenvalue weighted by molar-refractivity contribution is 0.631. The molecular weight excluding hydrogens is 193 g/mol. The molecule has 1 aromatic carbocycles. The maximum absolute atomic E-state index is 13.2. The van der Waals surface area contributed by atoms with Crippen LogP contribution in [0.3, 0.4) is 0 Å². The summed E-state index contributed by atoms with van der Waals surface area (Å²) in [5, 5.41) is 3.07. The van der Waals surface area contributed by atoms with Gasteiger partial charge in [0.15, 0.2) is 0 Å². The fourth-order valence-electron chi connectivity index (χ4n) is 1.47. The number of hydrogen-bond donors (Lipinski definition) is 2. The third kappa shape index (κ3) is 3.09. The average molecular weight is 211 g/mol. The number of nitrogens with one attached hydrogen (secondary N) is 1. The van der Waals surface area contributed by atoms with Crippen molar-refractivity contribution in [3.05, 3.63) is 24.0 Å². The molecule has 4 heteroatoms. The van der Waals surface area contributed by atoms with Gasteiger partial charge in [-0.3, -0.25) is 0 Å². The van der Waals surface area contributed by atoms with Crippen LogP contribution in [0.2, 0.25) is 0 Å². The Labute approximate surface area is 90.1 Å². The second-order valence-electron chi connectivity index (χ2n) is 3.55. The van der Waals surface area contributed by atoms with Crippen molar-refractivity contribution < 1.29 is 4.39 Å². The first-order valence-corrected chi connectivity index (χ1v) is 5.06. The topological polar surface area (TPSA) is 41.3 Å². The molecule has 0 aromatic heterocycles. The molecule has 0 bridgehead atoms. The Hall–Kier alpha value is -1.29. The van der Waals surface area contributed by atoms with E-state index in [9.17, 15) is 4.39 Å². The van der Waals surface area contributed by atoms with Crippen molar-refractivity contribution >= 4 is 11.4 Å². The van der Waals surface area contributed by atoms with Crippen LogP contribution in [0, 0.1) is 5.82 Å². The van der Waals surface area contributed by atoms with E-state index in [1.54, 1.807) is 6.07 Å². The van der Waals surface area contributed by atoms with Crippen molar-refractivity contribution in [2.45, 2.75) is 6.42 Å². The number of rotatable bonds is 5. The molecule has 3 N–H and O–H groups in total. The first-order chi connectivity index (χ1) is 7.16. The molecule has 0 radical (unpaired) electrons. The van der Waals surface area contributed by atoms with E-state index >= 15 is 0 Å². The van der Waals surface area contributed by atoms with Crippen LogP contribution in [-0.4, -0.2) is 27.2 Å². The summed E-state index contributed by atoms with van der Waals surface area (Å²) in [6.45, 7) is 1.80. The highest BCUT2D eigenvalue weighted by atomic mass is 19.1. The van der Waals surface area contributed by atoms with Crippen molar-refractivity contribution in [2.24, 2.45) is 0 Å². The van der Waals surface area contributed by atoms with Gasteiger partial charge in [0.1, 0.15) is 5.82 Å². The quantitative estimate of drug-likeness (QED) is 0.572. The van der Waals surface area contributed by atoms with Gasteiger partial charge >= 0.3 is 0 Å². The third-order valence-electron chi connectivity index (χ3n) is 2.36. The SMILES string of the molecule is CNCCCN(C)c1cccc(F)c1N. The second kappa shape index (κ2) is 5.56. The van der Waals surface area contributed by atoms with E-state index in [1.165, 1.54) is 6.07 Å². The fraction of sp³-hybridized carbons (Fsp3) is 0.455. The molecule has 1 rings (SSSR count). The number of benzene rings is 1. The van der Waals surface area contributed by atoms with Crippen molar-refractivity contribution in [2.75, 3.05) is 37.8 Å². The molecule has 0 aliphatic carbocycles. The average Bonchev–Trinajstić information content (AvgIpc) is 2.22. The highest BCUT2D eigenvalue weighted by Gasteiger charge is 2.07. The van der Waals surface area contributed by atoms with E-state index in [4.69, 9.17) is 5.73 Å². The van der Waals surface area contributed by atoms with Gasteiger partial charge in [-0.15, -0.1) is 0 Å². The van der Waals surface area contributed by atoms with Crippen molar-refractivity contribution in [1.29, 1.82) is 0 Å². The van der Waals surface area contributed by atoms with Gasteiger partial charge < -0.3 is 16.0 Å². The lowest BCUT2D eigenvalue weighted by atomic mass is 10.2. The lowest BCUT2D eigenvalue weighted by Gasteiger charge is -2.21. The van der Waals surface area contributed by atoms with Gasteiger partial charge in [-0.1, -0.05) is 6.07 Å². The molecule has 0 unspecified atom stereocenters. The van der Waals surface area contributed by atoms with E-state index in [-0.39, 0.29) is 11.5 Å². The summed E-state index contributed by atoms with van der Waals surface area (Å²) in [5.74, 6) is -0.354. The van der Waals surface area contributed by atoms with Gasteiger partial charge in [0, 0.05) is 13.6 Å². The van der Waals surface area contributed by atoms with E-state index < -0.39 is 0 Å². The highest BCUT2D eigenvalue weighted by molar-refractivity contribution is 5.67. The standard InChI is InChI=1S/C11H18FN3/c1-14-7-4-8-15(2)10-6-3-5-9(12)11(10)13/h3,5-6,14H,4,7-8,13H2,1-2H3. The number of halogens is 1. The molecule has 0 saturated heterocycles. The summed E-state index contributed by atoms with van der Waals surface area (Å²) in [5.41, 5.74) is 6.64. The first-order valence-electron chi connectivity index (χ1n) is 5.06. The summed E-state index contributed by atoms with van der Waals surface area (Å²) in [6, 6.07) is 4.88. The van der Waals surface area contributed by atoms with Gasteiger partial charge in [-0.25, -0.2) is 4.39 Å². The normalized spacial score (nSPS) is 10.3. The molecule has 84 valence electrons. The van der Waals surface area contributed by atoms with Gasteiger partial charge in [-0.2, -0.15) is 0 Å². The lowest BCUT2D eigenvalue weighted by Crippen LogP contribution is -2.23. The van der Waals surface area contributed by atoms with Crippen molar-refractivity contribution in [3.8, 4) is 0 Å². The number of para-hydroxylation sites is 1. The third-order valence-corrected chi connectivity index (χ3v) is 2.36. The Bertz CT molecular complexity index is 315. The van der Waals surface area contributed by atoms with Crippen molar-refractivity contribution in [1.82, 2.24) is 5.32 Å². The maximum Gasteiger partial charge on any atom is 0.148 e. The summed E-state index contributed by atoms with van der Waals surface area (Å²) >= 11 is 0. The summed E-state index contributed by atoms with van der Waals surface area (Å²) in [6.07, 6.45) is 1.00. The Morgan fingerprint density at radius 3 is 2.87 bits per heavy atom. The molecule has 1 aromatic rings. The predicted octanol–water partition coefficient (Wildman–Crippen LogP) is 1.45. The number of nitrogens with two attached hydrogens (primary N) is 1. The van der Waals surface area contributed by atoms with Crippen LogP contribution in [0.4, 0.5) is 15.8 Å². The van der Waals surface area contributed by atoms with Crippen LogP contribution in [0.15, 0.2) is 18.2 Å². The molecule has 0 aliphatic rings. The maximum atomic E-state index is 13.2. The Morgan fingerprint density at radius 2 is 2.20 bits per heavy atom. The number of hydrogen-bond acceptors (Lipinski definition) is 3. The second-order valence-corrected chi connectivity index (χ2v) is 3.55. The zero-order valence-electron chi connectivity index (χ0n) is 9.26. The molecule has 3 nitrogen and oxygen atoms in total. The van der Waals surface area contributed by atoms with E-state index in [0.717, 1.165) is 25.2 Å². The minimum Gasteiger partial charge on any atom is -0.395 e. The molecule has 0 heterocycles. The van der Waals surface area contributed by atoms with Crippen LogP contribution in [0.1, 0.15) is 6.42 Å². The molecule has 0 atom stereocenters. The minimum atomic E-state index is -0.354. The smallest absolute Gasteiger partial charge is 0.148 e. The van der Waals surface area contributed by atoms with Crippen LogP contribution in [0.5, 0.6) is 0 Å². The molecular formula is C11H18FN3. The monoisotopic (exact) mass is 211 g/mol. The van der Waals surface area contributed by atoms with Crippen LogP contribution in [0.25, 0.3) is 0 Å². The zero-order chi connectivity index (χ0) is 11.3. The summed E-state index contributed by atoms with van der Waals surface area (Å²) in [7, 11) is 3.83. The molecule has 0 amide bonds. The van der Waals surface area contributed by atoms with E-state index in [2.05, 4.69) is 5.32 Å². The number of nitrogens with zero attached hydrogens (tertiary/aromatic N) is 1. The molecule has 0 saturated carbocycles. The van der Waals surface area contributed by atoms with Gasteiger partial charge in [-0.05, 0) is 32.1 Å². The van der Waals surface area contributed by atoms with E-state index in [0.29, 0.717) is 0 Å². The number of anilines is 2. The highest BCUT2D eigenvalue weighted by Crippen LogP contribution is 2.24. The Kier molecular flexibility index (Phi) is 4.37. The van der Waals surface area contributed by atoms with Crippen LogP contribution in [-0.2, 0) is 0 Å². The summed E-state index contributed by atoms with van der Waals surface area (Å²) in [4.78, 5) is 1.97. The molecule has 0 spiro atoms. The Balaban J connectivity index is 2.65. The first kappa shape index (κ1) is 11.8. The Morgan fingerprint density at radius 1 is 1.47 bits per heavy atom. The van der Waals surface area contributed by atoms with Gasteiger partial charge in [0.2, 0.25) is 0 Å². The molecule has 0 fully saturated rings.